The van der Waals surface area contributed by atoms with E-state index in [-0.39, 0.29) is 0 Å². The number of ether oxygens (including phenoxy) is 1. The minimum Gasteiger partial charge on any atom is -0.495 e. The molecule has 0 saturated heterocycles. The minimum atomic E-state index is 0.558. The van der Waals surface area contributed by atoms with Crippen LogP contribution in [0.4, 0.5) is 0 Å². The first-order valence-corrected chi connectivity index (χ1v) is 6.85. The van der Waals surface area contributed by atoms with Crippen LogP contribution >= 0.6 is 35.0 Å². The van der Waals surface area contributed by atoms with Gasteiger partial charge in [-0.25, -0.2) is 9.97 Å². The van der Waals surface area contributed by atoms with Crippen LogP contribution in [0.25, 0.3) is 0 Å². The normalized spacial score (nSPS) is 10.4. The van der Waals surface area contributed by atoms with Gasteiger partial charge in [0.1, 0.15) is 17.1 Å². The first-order valence-electron chi connectivity index (χ1n) is 5.11. The third kappa shape index (κ3) is 3.28. The summed E-state index contributed by atoms with van der Waals surface area (Å²) in [5.41, 5.74) is 1.08. The number of halogens is 2. The van der Waals surface area contributed by atoms with E-state index in [2.05, 4.69) is 9.97 Å². The Balaban J connectivity index is 2.07. The highest BCUT2D eigenvalue weighted by molar-refractivity contribution is 7.98. The van der Waals surface area contributed by atoms with Crippen LogP contribution < -0.4 is 4.74 Å². The van der Waals surface area contributed by atoms with Gasteiger partial charge in [0.2, 0.25) is 0 Å². The predicted octanol–water partition coefficient (Wildman–Crippen LogP) is 4.08. The van der Waals surface area contributed by atoms with Crippen LogP contribution in [0.5, 0.6) is 5.75 Å². The number of thioether (sulfide) groups is 1. The molecule has 0 saturated carbocycles. The fourth-order valence-corrected chi connectivity index (χ4v) is 2.70. The zero-order valence-corrected chi connectivity index (χ0v) is 11.9. The molecule has 1 aromatic carbocycles. The summed E-state index contributed by atoms with van der Waals surface area (Å²) in [4.78, 5) is 7.95. The standard InChI is InChI=1S/C12H10Cl2N2OS/c1-17-11-3-2-8(4-9(11)13)6-18-12-10(14)5-15-7-16-12/h2-5,7H,6H2,1H3. The molecule has 0 amide bonds. The number of hydrogen-bond acceptors (Lipinski definition) is 4. The van der Waals surface area contributed by atoms with Crippen LogP contribution in [0.1, 0.15) is 5.56 Å². The average molecular weight is 301 g/mol. The van der Waals surface area contributed by atoms with Crippen molar-refractivity contribution >= 4 is 35.0 Å². The van der Waals surface area contributed by atoms with Crippen molar-refractivity contribution in [2.24, 2.45) is 0 Å². The van der Waals surface area contributed by atoms with Gasteiger partial charge in [0.15, 0.2) is 0 Å². The summed E-state index contributed by atoms with van der Waals surface area (Å²) in [6.45, 7) is 0. The summed E-state index contributed by atoms with van der Waals surface area (Å²) in [7, 11) is 1.59. The highest BCUT2D eigenvalue weighted by Crippen LogP contribution is 2.30. The summed E-state index contributed by atoms with van der Waals surface area (Å²) in [6, 6.07) is 5.69. The zero-order valence-electron chi connectivity index (χ0n) is 9.56. The molecule has 0 aliphatic heterocycles. The summed E-state index contributed by atoms with van der Waals surface area (Å²) in [6.07, 6.45) is 3.06. The molecular weight excluding hydrogens is 291 g/mol. The van der Waals surface area contributed by atoms with Gasteiger partial charge in [-0.1, -0.05) is 29.3 Å². The van der Waals surface area contributed by atoms with E-state index < -0.39 is 0 Å². The first kappa shape index (κ1) is 13.5. The Kier molecular flexibility index (Phi) is 4.69. The third-order valence-electron chi connectivity index (χ3n) is 2.23. The third-order valence-corrected chi connectivity index (χ3v) is 3.99. The second-order valence-corrected chi connectivity index (χ2v) is 5.21. The Labute approximate surface area is 120 Å². The summed E-state index contributed by atoms with van der Waals surface area (Å²) in [5.74, 6) is 1.41. The van der Waals surface area contributed by atoms with E-state index in [1.165, 1.54) is 18.1 Å². The van der Waals surface area contributed by atoms with Crippen molar-refractivity contribution in [3.05, 3.63) is 46.3 Å². The Hall–Kier alpha value is -0.970. The Morgan fingerprint density at radius 3 is 2.78 bits per heavy atom. The van der Waals surface area contributed by atoms with E-state index in [0.29, 0.717) is 15.8 Å². The van der Waals surface area contributed by atoms with Gasteiger partial charge in [0.25, 0.3) is 0 Å². The van der Waals surface area contributed by atoms with Gasteiger partial charge >= 0.3 is 0 Å². The molecule has 2 rings (SSSR count). The molecule has 18 heavy (non-hydrogen) atoms. The highest BCUT2D eigenvalue weighted by atomic mass is 35.5. The maximum Gasteiger partial charge on any atom is 0.137 e. The van der Waals surface area contributed by atoms with E-state index in [1.54, 1.807) is 13.3 Å². The molecule has 94 valence electrons. The lowest BCUT2D eigenvalue weighted by atomic mass is 10.2. The molecule has 3 nitrogen and oxygen atoms in total. The van der Waals surface area contributed by atoms with Gasteiger partial charge in [0.05, 0.1) is 23.4 Å². The molecule has 0 N–H and O–H groups in total. The number of benzene rings is 1. The maximum absolute atomic E-state index is 6.06. The largest absolute Gasteiger partial charge is 0.495 e. The molecule has 6 heteroatoms. The van der Waals surface area contributed by atoms with Crippen molar-refractivity contribution in [3.8, 4) is 5.75 Å². The number of nitrogens with zero attached hydrogens (tertiary/aromatic N) is 2. The quantitative estimate of drug-likeness (QED) is 0.629. The fraction of sp³-hybridized carbons (Fsp3) is 0.167. The van der Waals surface area contributed by atoms with Crippen LogP contribution in [0.2, 0.25) is 10.0 Å². The van der Waals surface area contributed by atoms with E-state index in [9.17, 15) is 0 Å². The Bertz CT molecular complexity index is 551. The molecule has 0 atom stereocenters. The van der Waals surface area contributed by atoms with Crippen LogP contribution in [-0.2, 0) is 5.75 Å². The van der Waals surface area contributed by atoms with Gasteiger partial charge in [-0.15, -0.1) is 11.8 Å². The van der Waals surface area contributed by atoms with Gasteiger partial charge < -0.3 is 4.74 Å². The van der Waals surface area contributed by atoms with Crippen molar-refractivity contribution in [3.63, 3.8) is 0 Å². The summed E-state index contributed by atoms with van der Waals surface area (Å²) < 4.78 is 5.10. The van der Waals surface area contributed by atoms with Gasteiger partial charge in [-0.2, -0.15) is 0 Å². The summed E-state index contributed by atoms with van der Waals surface area (Å²) in [5, 5.41) is 1.92. The van der Waals surface area contributed by atoms with Gasteiger partial charge in [0, 0.05) is 5.75 Å². The second kappa shape index (κ2) is 6.27. The molecule has 0 radical (unpaired) electrons. The van der Waals surface area contributed by atoms with Crippen molar-refractivity contribution in [2.45, 2.75) is 10.8 Å². The molecule has 0 bridgehead atoms. The number of rotatable bonds is 4. The first-order chi connectivity index (χ1) is 8.70. The fourth-order valence-electron chi connectivity index (χ4n) is 1.36. The molecule has 0 aliphatic rings. The molecule has 0 unspecified atom stereocenters. The number of hydrogen-bond donors (Lipinski definition) is 0. The maximum atomic E-state index is 6.06. The lowest BCUT2D eigenvalue weighted by Crippen LogP contribution is -1.88. The average Bonchev–Trinajstić information content (AvgIpc) is 2.38. The van der Waals surface area contributed by atoms with Crippen LogP contribution in [0.15, 0.2) is 35.7 Å². The van der Waals surface area contributed by atoms with E-state index in [1.807, 2.05) is 18.2 Å². The van der Waals surface area contributed by atoms with Crippen molar-refractivity contribution < 1.29 is 4.74 Å². The molecular formula is C12H10Cl2N2OS. The van der Waals surface area contributed by atoms with Gasteiger partial charge in [-0.3, -0.25) is 0 Å². The van der Waals surface area contributed by atoms with Crippen molar-refractivity contribution in [1.29, 1.82) is 0 Å². The predicted molar refractivity (Wildman–Crippen MR) is 74.6 cm³/mol. The van der Waals surface area contributed by atoms with Gasteiger partial charge in [-0.05, 0) is 17.7 Å². The van der Waals surface area contributed by atoms with Crippen molar-refractivity contribution in [2.75, 3.05) is 7.11 Å². The van der Waals surface area contributed by atoms with E-state index >= 15 is 0 Å². The molecule has 0 fully saturated rings. The van der Waals surface area contributed by atoms with Crippen molar-refractivity contribution in [1.82, 2.24) is 9.97 Å². The molecule has 2 aromatic rings. The topological polar surface area (TPSA) is 35.0 Å². The second-order valence-electron chi connectivity index (χ2n) is 3.43. The SMILES string of the molecule is COc1ccc(CSc2ncncc2Cl)cc1Cl. The Morgan fingerprint density at radius 1 is 1.28 bits per heavy atom. The lowest BCUT2D eigenvalue weighted by molar-refractivity contribution is 0.415. The minimum absolute atomic E-state index is 0.558. The zero-order chi connectivity index (χ0) is 13.0. The molecule has 0 spiro atoms. The highest BCUT2D eigenvalue weighted by Gasteiger charge is 2.05. The molecule has 0 aliphatic carbocycles. The smallest absolute Gasteiger partial charge is 0.137 e. The van der Waals surface area contributed by atoms with Crippen LogP contribution in [0, 0.1) is 0 Å². The van der Waals surface area contributed by atoms with E-state index in [0.717, 1.165) is 16.3 Å². The summed E-state index contributed by atoms with van der Waals surface area (Å²) >= 11 is 13.6. The molecule has 1 aromatic heterocycles. The Morgan fingerprint density at radius 2 is 2.11 bits per heavy atom. The van der Waals surface area contributed by atoms with E-state index in [4.69, 9.17) is 27.9 Å². The monoisotopic (exact) mass is 300 g/mol. The number of aromatic nitrogens is 2. The van der Waals surface area contributed by atoms with Crippen LogP contribution in [0.3, 0.4) is 0 Å². The molecule has 1 heterocycles. The lowest BCUT2D eigenvalue weighted by Gasteiger charge is -2.06. The van der Waals surface area contributed by atoms with Crippen LogP contribution in [-0.4, -0.2) is 17.1 Å². The number of methoxy groups -OCH3 is 1.